The predicted molar refractivity (Wildman–Crippen MR) is 115 cm³/mol. The number of halogens is 4. The molecule has 0 spiro atoms. The maximum absolute atomic E-state index is 13.2. The molecule has 10 heteroatoms. The van der Waals surface area contributed by atoms with E-state index in [0.29, 0.717) is 16.8 Å². The molecule has 0 saturated heterocycles. The van der Waals surface area contributed by atoms with Crippen LogP contribution in [0.15, 0.2) is 48.5 Å². The number of carbonyl (C=O) groups excluding carboxylic acids is 1. The van der Waals surface area contributed by atoms with Crippen molar-refractivity contribution in [3.8, 4) is 0 Å². The van der Waals surface area contributed by atoms with Crippen LogP contribution in [0.4, 0.5) is 18.9 Å². The standard InChI is InChI=1S/C21H24ClF3N2O3S/c1-14(2)11-19(15-7-5-4-6-8-15)26-20(28)13-27(31(3,29)30)16-9-10-18(22)17(12-16)21(23,24)25/h4-10,12,14,19H,11,13H2,1-3H3,(H,26,28)/t19-/m1/s1. The Hall–Kier alpha value is -2.26. The fourth-order valence-electron chi connectivity index (χ4n) is 3.09. The van der Waals surface area contributed by atoms with Crippen LogP contribution in [0.25, 0.3) is 0 Å². The van der Waals surface area contributed by atoms with Crippen LogP contribution in [0.2, 0.25) is 5.02 Å². The molecule has 1 atom stereocenters. The fraction of sp³-hybridized carbons (Fsp3) is 0.381. The van der Waals surface area contributed by atoms with Gasteiger partial charge < -0.3 is 5.32 Å². The molecule has 2 rings (SSSR count). The molecule has 0 saturated carbocycles. The number of nitrogens with one attached hydrogen (secondary N) is 1. The first-order valence-corrected chi connectivity index (χ1v) is 11.7. The SMILES string of the molecule is CC(C)C[C@@H](NC(=O)CN(c1ccc(Cl)c(C(F)(F)F)c1)S(C)(=O)=O)c1ccccc1. The summed E-state index contributed by atoms with van der Waals surface area (Å²) >= 11 is 5.62. The van der Waals surface area contributed by atoms with Gasteiger partial charge in [0.2, 0.25) is 15.9 Å². The second kappa shape index (κ2) is 9.91. The molecule has 5 nitrogen and oxygen atoms in total. The molecule has 1 N–H and O–H groups in total. The molecule has 0 radical (unpaired) electrons. The minimum absolute atomic E-state index is 0.238. The van der Waals surface area contributed by atoms with Crippen LogP contribution in [0.1, 0.15) is 37.4 Å². The van der Waals surface area contributed by atoms with Crippen LogP contribution >= 0.6 is 11.6 Å². The highest BCUT2D eigenvalue weighted by Crippen LogP contribution is 2.37. The molecule has 170 valence electrons. The molecular formula is C21H24ClF3N2O3S. The second-order valence-corrected chi connectivity index (χ2v) is 9.91. The first-order chi connectivity index (χ1) is 14.3. The Balaban J connectivity index is 2.32. The number of sulfonamides is 1. The first-order valence-electron chi connectivity index (χ1n) is 9.47. The number of anilines is 1. The average Bonchev–Trinajstić information content (AvgIpc) is 2.65. The van der Waals surface area contributed by atoms with E-state index in [-0.39, 0.29) is 17.6 Å². The topological polar surface area (TPSA) is 66.5 Å². The van der Waals surface area contributed by atoms with Gasteiger partial charge in [0.15, 0.2) is 0 Å². The number of amides is 1. The molecule has 0 aliphatic carbocycles. The maximum Gasteiger partial charge on any atom is 0.417 e. The highest BCUT2D eigenvalue weighted by molar-refractivity contribution is 7.92. The molecule has 0 aliphatic heterocycles. The third-order valence-corrected chi connectivity index (χ3v) is 5.95. The van der Waals surface area contributed by atoms with E-state index in [2.05, 4.69) is 5.32 Å². The van der Waals surface area contributed by atoms with E-state index in [1.165, 1.54) is 0 Å². The zero-order valence-corrected chi connectivity index (χ0v) is 18.9. The molecule has 0 heterocycles. The van der Waals surface area contributed by atoms with Crippen molar-refractivity contribution < 1.29 is 26.4 Å². The zero-order chi connectivity index (χ0) is 23.4. The van der Waals surface area contributed by atoms with Gasteiger partial charge in [-0.1, -0.05) is 55.8 Å². The van der Waals surface area contributed by atoms with Gasteiger partial charge in [-0.15, -0.1) is 0 Å². The van der Waals surface area contributed by atoms with Crippen molar-refractivity contribution in [3.63, 3.8) is 0 Å². The highest BCUT2D eigenvalue weighted by atomic mass is 35.5. The fourth-order valence-corrected chi connectivity index (χ4v) is 4.16. The summed E-state index contributed by atoms with van der Waals surface area (Å²) < 4.78 is 64.8. The lowest BCUT2D eigenvalue weighted by Gasteiger charge is -2.26. The first kappa shape index (κ1) is 25.0. The molecular weight excluding hydrogens is 453 g/mol. The summed E-state index contributed by atoms with van der Waals surface area (Å²) in [6.45, 7) is 3.30. The van der Waals surface area contributed by atoms with Crippen molar-refractivity contribution in [1.82, 2.24) is 5.32 Å². The molecule has 1 amide bonds. The Morgan fingerprint density at radius 1 is 1.13 bits per heavy atom. The molecule has 0 unspecified atom stereocenters. The summed E-state index contributed by atoms with van der Waals surface area (Å²) in [5, 5.41) is 2.24. The van der Waals surface area contributed by atoms with Crippen LogP contribution in [0.3, 0.4) is 0 Å². The Labute approximate surface area is 185 Å². The Morgan fingerprint density at radius 3 is 2.26 bits per heavy atom. The molecule has 0 bridgehead atoms. The largest absolute Gasteiger partial charge is 0.417 e. The minimum Gasteiger partial charge on any atom is -0.348 e. The van der Waals surface area contributed by atoms with Crippen molar-refractivity contribution in [1.29, 1.82) is 0 Å². The Morgan fingerprint density at radius 2 is 1.74 bits per heavy atom. The quantitative estimate of drug-likeness (QED) is 0.581. The van der Waals surface area contributed by atoms with Crippen LogP contribution in [-0.2, 0) is 21.0 Å². The molecule has 2 aromatic carbocycles. The van der Waals surface area contributed by atoms with E-state index in [1.54, 1.807) is 0 Å². The minimum atomic E-state index is -4.77. The van der Waals surface area contributed by atoms with Crippen LogP contribution in [-0.4, -0.2) is 27.1 Å². The normalized spacial score (nSPS) is 13.2. The molecule has 2 aromatic rings. The van der Waals surface area contributed by atoms with Gasteiger partial charge in [0.05, 0.1) is 28.6 Å². The van der Waals surface area contributed by atoms with Gasteiger partial charge in [0, 0.05) is 0 Å². The Kier molecular flexibility index (Phi) is 7.99. The molecule has 0 fully saturated rings. The monoisotopic (exact) mass is 476 g/mol. The number of rotatable bonds is 8. The number of hydrogen-bond acceptors (Lipinski definition) is 3. The molecule has 0 aromatic heterocycles. The summed E-state index contributed by atoms with van der Waals surface area (Å²) in [6, 6.07) is 11.5. The molecule has 31 heavy (non-hydrogen) atoms. The van der Waals surface area contributed by atoms with E-state index < -0.39 is 39.2 Å². The van der Waals surface area contributed by atoms with Crippen LogP contribution < -0.4 is 9.62 Å². The van der Waals surface area contributed by atoms with Gasteiger partial charge in [0.25, 0.3) is 0 Å². The average molecular weight is 477 g/mol. The molecule has 0 aliphatic rings. The summed E-state index contributed by atoms with van der Waals surface area (Å²) in [5.41, 5.74) is -0.626. The van der Waals surface area contributed by atoms with Crippen LogP contribution in [0.5, 0.6) is 0 Å². The van der Waals surface area contributed by atoms with Crippen molar-refractivity contribution in [3.05, 3.63) is 64.7 Å². The second-order valence-electron chi connectivity index (χ2n) is 7.59. The smallest absolute Gasteiger partial charge is 0.348 e. The van der Waals surface area contributed by atoms with Gasteiger partial charge >= 0.3 is 6.18 Å². The van der Waals surface area contributed by atoms with Crippen molar-refractivity contribution >= 4 is 33.2 Å². The Bertz CT molecular complexity index is 1010. The van der Waals surface area contributed by atoms with Gasteiger partial charge in [-0.05, 0) is 36.1 Å². The third-order valence-electron chi connectivity index (χ3n) is 4.48. The maximum atomic E-state index is 13.2. The number of hydrogen-bond donors (Lipinski definition) is 1. The van der Waals surface area contributed by atoms with Gasteiger partial charge in [-0.2, -0.15) is 13.2 Å². The highest BCUT2D eigenvalue weighted by Gasteiger charge is 2.34. The van der Waals surface area contributed by atoms with Gasteiger partial charge in [-0.25, -0.2) is 8.42 Å². The van der Waals surface area contributed by atoms with Crippen molar-refractivity contribution in [2.24, 2.45) is 5.92 Å². The predicted octanol–water partition coefficient (Wildman–Crippen LogP) is 5.03. The van der Waals surface area contributed by atoms with E-state index in [9.17, 15) is 26.4 Å². The number of benzene rings is 2. The summed E-state index contributed by atoms with van der Waals surface area (Å²) in [7, 11) is -4.05. The van der Waals surface area contributed by atoms with Crippen molar-refractivity contribution in [2.45, 2.75) is 32.5 Å². The summed E-state index contributed by atoms with van der Waals surface area (Å²) in [5.74, 6) is -0.398. The third kappa shape index (κ3) is 7.14. The van der Waals surface area contributed by atoms with Crippen molar-refractivity contribution in [2.75, 3.05) is 17.1 Å². The zero-order valence-electron chi connectivity index (χ0n) is 17.3. The van der Waals surface area contributed by atoms with E-state index >= 15 is 0 Å². The van der Waals surface area contributed by atoms with E-state index in [1.807, 2.05) is 44.2 Å². The van der Waals surface area contributed by atoms with Gasteiger partial charge in [-0.3, -0.25) is 9.10 Å². The number of nitrogens with zero attached hydrogens (tertiary/aromatic N) is 1. The van der Waals surface area contributed by atoms with Crippen LogP contribution in [0, 0.1) is 5.92 Å². The van der Waals surface area contributed by atoms with E-state index in [4.69, 9.17) is 11.6 Å². The summed E-state index contributed by atoms with van der Waals surface area (Å²) in [6.07, 6.45) is -3.34. The summed E-state index contributed by atoms with van der Waals surface area (Å²) in [4.78, 5) is 12.7. The lowest BCUT2D eigenvalue weighted by Crippen LogP contribution is -2.42. The number of alkyl halides is 3. The van der Waals surface area contributed by atoms with E-state index in [0.717, 1.165) is 24.0 Å². The lowest BCUT2D eigenvalue weighted by atomic mass is 9.97. The van der Waals surface area contributed by atoms with Gasteiger partial charge in [0.1, 0.15) is 6.54 Å². The number of carbonyl (C=O) groups is 1. The lowest BCUT2D eigenvalue weighted by molar-refractivity contribution is -0.137.